The van der Waals surface area contributed by atoms with Gasteiger partial charge in [0.1, 0.15) is 11.6 Å². The fourth-order valence-corrected chi connectivity index (χ4v) is 3.44. The molecule has 3 rings (SSSR count). The number of benzene rings is 1. The maximum atomic E-state index is 13.0. The second kappa shape index (κ2) is 10.7. The number of anilines is 1. The molecule has 4 N–H and O–H groups in total. The van der Waals surface area contributed by atoms with E-state index in [1.54, 1.807) is 39.2 Å². The molecule has 1 aliphatic rings. The van der Waals surface area contributed by atoms with Gasteiger partial charge in [0.05, 0.1) is 5.69 Å². The highest BCUT2D eigenvalue weighted by molar-refractivity contribution is 6.00. The highest BCUT2D eigenvalue weighted by Gasteiger charge is 2.29. The summed E-state index contributed by atoms with van der Waals surface area (Å²) in [5.41, 5.74) is 2.49. The van der Waals surface area contributed by atoms with E-state index in [-0.39, 0.29) is 5.91 Å². The van der Waals surface area contributed by atoms with Crippen molar-refractivity contribution in [1.29, 1.82) is 5.41 Å². The van der Waals surface area contributed by atoms with Gasteiger partial charge in [-0.1, -0.05) is 17.9 Å². The van der Waals surface area contributed by atoms with Gasteiger partial charge in [-0.3, -0.25) is 4.79 Å². The van der Waals surface area contributed by atoms with Gasteiger partial charge in [0, 0.05) is 43.3 Å². The van der Waals surface area contributed by atoms with Gasteiger partial charge in [0.2, 0.25) is 5.91 Å². The van der Waals surface area contributed by atoms with Crippen LogP contribution in [0, 0.1) is 17.3 Å². The first-order valence-corrected chi connectivity index (χ1v) is 10.9. The minimum absolute atomic E-state index is 0.239. The number of rotatable bonds is 5. The molecule has 9 nitrogen and oxygen atoms in total. The zero-order valence-corrected chi connectivity index (χ0v) is 19.4. The van der Waals surface area contributed by atoms with E-state index in [9.17, 15) is 14.7 Å². The minimum Gasteiger partial charge on any atom is -0.378 e. The number of hydrogen-bond acceptors (Lipinski definition) is 6. The average molecular weight is 461 g/mol. The first kappa shape index (κ1) is 24.6. The van der Waals surface area contributed by atoms with Crippen LogP contribution in [0.1, 0.15) is 37.1 Å². The summed E-state index contributed by atoms with van der Waals surface area (Å²) in [6.07, 6.45) is 5.50. The van der Waals surface area contributed by atoms with Crippen molar-refractivity contribution in [2.75, 3.05) is 11.9 Å². The third-order valence-electron chi connectivity index (χ3n) is 5.18. The number of likely N-dealkylation sites (N-methyl/N-ethyl adjacent to an activating group) is 1. The van der Waals surface area contributed by atoms with Crippen LogP contribution in [0.4, 0.5) is 10.5 Å². The molecule has 0 saturated carbocycles. The quantitative estimate of drug-likeness (QED) is 0.400. The number of fused-ring (bicyclic) bond motifs is 1. The van der Waals surface area contributed by atoms with E-state index in [2.05, 4.69) is 32.7 Å². The van der Waals surface area contributed by atoms with Crippen molar-refractivity contribution < 1.29 is 14.7 Å². The van der Waals surface area contributed by atoms with Crippen LogP contribution in [0.2, 0.25) is 0 Å². The fraction of sp³-hybridized carbons (Fsp3) is 0.320. The number of aromatic nitrogens is 2. The van der Waals surface area contributed by atoms with Gasteiger partial charge < -0.3 is 26.0 Å². The number of aryl methyl sites for hydroxylation is 1. The Morgan fingerprint density at radius 2 is 2.18 bits per heavy atom. The first-order chi connectivity index (χ1) is 16.2. The maximum absolute atomic E-state index is 13.0. The molecule has 0 fully saturated rings. The van der Waals surface area contributed by atoms with Gasteiger partial charge in [-0.2, -0.15) is 10.2 Å². The molecule has 0 spiro atoms. The van der Waals surface area contributed by atoms with Crippen molar-refractivity contribution >= 4 is 23.8 Å². The fourth-order valence-electron chi connectivity index (χ4n) is 3.44. The Morgan fingerprint density at radius 3 is 2.85 bits per heavy atom. The highest BCUT2D eigenvalue weighted by Crippen LogP contribution is 2.27. The van der Waals surface area contributed by atoms with Crippen molar-refractivity contribution in [3.63, 3.8) is 0 Å². The van der Waals surface area contributed by atoms with Crippen LogP contribution in [0.5, 0.6) is 0 Å². The molecule has 2 aromatic rings. The topological polar surface area (TPSA) is 131 Å². The molecule has 2 heterocycles. The van der Waals surface area contributed by atoms with Gasteiger partial charge in [0.25, 0.3) is 0 Å². The number of urea groups is 1. The second-order valence-corrected chi connectivity index (χ2v) is 8.51. The summed E-state index contributed by atoms with van der Waals surface area (Å²) < 4.78 is 0. The van der Waals surface area contributed by atoms with Crippen LogP contribution in [-0.4, -0.2) is 52.1 Å². The van der Waals surface area contributed by atoms with Gasteiger partial charge in [-0.15, -0.1) is 0 Å². The Kier molecular flexibility index (Phi) is 7.76. The lowest BCUT2D eigenvalue weighted by Gasteiger charge is -2.22. The average Bonchev–Trinajstić information content (AvgIpc) is 2.92. The van der Waals surface area contributed by atoms with E-state index >= 15 is 0 Å². The number of carbonyl (C=O) groups excluding carboxylic acids is 2. The molecule has 1 aromatic heterocycles. The van der Waals surface area contributed by atoms with Crippen LogP contribution >= 0.6 is 0 Å². The molecule has 0 bridgehead atoms. The van der Waals surface area contributed by atoms with E-state index in [0.717, 1.165) is 17.5 Å². The molecule has 0 unspecified atom stereocenters. The Hall–Kier alpha value is -4.03. The second-order valence-electron chi connectivity index (χ2n) is 8.51. The SMILES string of the molecule is CN1C(=O)[C@H](NC(=O)N/C=C(\C=N)Cc2cccnn2)CCc2ccc(C#CC(C)(C)O)cc21. The highest BCUT2D eigenvalue weighted by atomic mass is 16.3. The molecule has 176 valence electrons. The van der Waals surface area contributed by atoms with Crippen molar-refractivity contribution in [2.45, 2.75) is 44.8 Å². The van der Waals surface area contributed by atoms with Crippen molar-refractivity contribution in [3.8, 4) is 11.8 Å². The number of hydrogen-bond donors (Lipinski definition) is 4. The molecule has 9 heteroatoms. The third kappa shape index (κ3) is 6.73. The van der Waals surface area contributed by atoms with Crippen LogP contribution in [-0.2, 0) is 17.6 Å². The summed E-state index contributed by atoms with van der Waals surface area (Å²) in [4.78, 5) is 27.0. The molecule has 1 aliphatic heterocycles. The predicted molar refractivity (Wildman–Crippen MR) is 129 cm³/mol. The lowest BCUT2D eigenvalue weighted by atomic mass is 10.0. The van der Waals surface area contributed by atoms with Gasteiger partial charge in [0.15, 0.2) is 0 Å². The molecular weight excluding hydrogens is 432 g/mol. The molecule has 1 aromatic carbocycles. The van der Waals surface area contributed by atoms with E-state index in [1.165, 1.54) is 11.1 Å². The summed E-state index contributed by atoms with van der Waals surface area (Å²) in [6.45, 7) is 3.22. The largest absolute Gasteiger partial charge is 0.378 e. The molecule has 0 radical (unpaired) electrons. The van der Waals surface area contributed by atoms with Crippen molar-refractivity contribution in [1.82, 2.24) is 20.8 Å². The van der Waals surface area contributed by atoms with Gasteiger partial charge in [-0.05, 0) is 62.1 Å². The summed E-state index contributed by atoms with van der Waals surface area (Å²) in [5, 5.41) is 30.5. The normalized spacial score (nSPS) is 16.0. The number of nitrogens with one attached hydrogen (secondary N) is 3. The molecular formula is C25H28N6O3. The van der Waals surface area contributed by atoms with Crippen LogP contribution in [0.3, 0.4) is 0 Å². The minimum atomic E-state index is -1.11. The Labute approximate surface area is 198 Å². The monoisotopic (exact) mass is 460 g/mol. The molecule has 0 aliphatic carbocycles. The van der Waals surface area contributed by atoms with Crippen LogP contribution in [0.15, 0.2) is 48.3 Å². The molecule has 0 saturated heterocycles. The zero-order chi connectivity index (χ0) is 24.7. The molecule has 1 atom stereocenters. The van der Waals surface area contributed by atoms with Gasteiger partial charge in [-0.25, -0.2) is 4.79 Å². The zero-order valence-electron chi connectivity index (χ0n) is 19.4. The van der Waals surface area contributed by atoms with E-state index < -0.39 is 17.7 Å². The number of allylic oxidation sites excluding steroid dienone is 1. The Balaban J connectivity index is 1.66. The smallest absolute Gasteiger partial charge is 0.319 e. The van der Waals surface area contributed by atoms with E-state index in [4.69, 9.17) is 5.41 Å². The summed E-state index contributed by atoms with van der Waals surface area (Å²) in [7, 11) is 1.67. The summed E-state index contributed by atoms with van der Waals surface area (Å²) in [5.74, 6) is 5.47. The summed E-state index contributed by atoms with van der Waals surface area (Å²) >= 11 is 0. The van der Waals surface area contributed by atoms with Gasteiger partial charge >= 0.3 is 6.03 Å². The number of amides is 3. The first-order valence-electron chi connectivity index (χ1n) is 10.9. The lowest BCUT2D eigenvalue weighted by Crippen LogP contribution is -2.49. The standard InChI is InChI=1S/C25H28N6O3/c1-25(2,34)11-10-17-6-7-19-8-9-21(23(32)31(3)22(19)14-17)29-24(33)27-16-18(15-26)13-20-5-4-12-28-30-20/h4-7,12,14-16,21,26,34H,8-9,13H2,1-3H3,(H2,27,29,33)/b18-16-,26-15?/t21-/m1/s1. The van der Waals surface area contributed by atoms with E-state index in [0.29, 0.717) is 36.1 Å². The van der Waals surface area contributed by atoms with Crippen LogP contribution < -0.4 is 15.5 Å². The molecule has 34 heavy (non-hydrogen) atoms. The van der Waals surface area contributed by atoms with Crippen molar-refractivity contribution in [3.05, 3.63) is 65.1 Å². The molecule has 3 amide bonds. The predicted octanol–water partition coefficient (Wildman–Crippen LogP) is 1.95. The number of carbonyl (C=O) groups is 2. The third-order valence-corrected chi connectivity index (χ3v) is 5.18. The number of nitrogens with zero attached hydrogens (tertiary/aromatic N) is 3. The van der Waals surface area contributed by atoms with Crippen molar-refractivity contribution in [2.24, 2.45) is 0 Å². The van der Waals surface area contributed by atoms with Crippen LogP contribution in [0.25, 0.3) is 0 Å². The number of aliphatic hydroxyl groups is 1. The maximum Gasteiger partial charge on any atom is 0.319 e. The van der Waals surface area contributed by atoms with E-state index in [1.807, 2.05) is 18.2 Å². The summed E-state index contributed by atoms with van der Waals surface area (Å²) in [6, 6.07) is 7.88. The lowest BCUT2D eigenvalue weighted by molar-refractivity contribution is -0.120. The Bertz CT molecular complexity index is 1160. The Morgan fingerprint density at radius 1 is 1.38 bits per heavy atom.